The highest BCUT2D eigenvalue weighted by molar-refractivity contribution is 7.91. The van der Waals surface area contributed by atoms with E-state index in [1.54, 1.807) is 12.1 Å². The van der Waals surface area contributed by atoms with Gasteiger partial charge in [0.2, 0.25) is 5.76 Å². The lowest BCUT2D eigenvalue weighted by atomic mass is 10.2. The molecule has 24 heavy (non-hydrogen) atoms. The molecule has 0 bridgehead atoms. The van der Waals surface area contributed by atoms with Gasteiger partial charge in [-0.05, 0) is 12.1 Å². The zero-order valence-electron chi connectivity index (χ0n) is 12.5. The van der Waals surface area contributed by atoms with E-state index >= 15 is 0 Å². The Morgan fingerprint density at radius 1 is 1.21 bits per heavy atom. The molecule has 0 saturated heterocycles. The highest BCUT2D eigenvalue weighted by atomic mass is 32.2. The molecule has 9 nitrogen and oxygen atoms in total. The van der Waals surface area contributed by atoms with Crippen LogP contribution in [0, 0.1) is 0 Å². The zero-order valence-corrected chi connectivity index (χ0v) is 13.3. The van der Waals surface area contributed by atoms with Crippen LogP contribution in [0.25, 0.3) is 11.7 Å². The first-order valence-electron chi connectivity index (χ1n) is 6.89. The fraction of sp³-hybridized carbons (Fsp3) is 0.143. The summed E-state index contributed by atoms with van der Waals surface area (Å²) in [7, 11) is -3.55. The lowest BCUT2D eigenvalue weighted by molar-refractivity contribution is 0.102. The number of rotatable bonds is 5. The van der Waals surface area contributed by atoms with E-state index in [0.717, 1.165) is 0 Å². The van der Waals surface area contributed by atoms with E-state index in [0.29, 0.717) is 0 Å². The molecule has 1 amide bonds. The maximum absolute atomic E-state index is 12.4. The molecular formula is C14H12N4O5S. The summed E-state index contributed by atoms with van der Waals surface area (Å²) in [6, 6.07) is 7.23. The molecule has 1 aromatic carbocycles. The van der Waals surface area contributed by atoms with Crippen molar-refractivity contribution in [2.24, 2.45) is 0 Å². The van der Waals surface area contributed by atoms with Gasteiger partial charge in [0.05, 0.1) is 22.4 Å². The fourth-order valence-electron chi connectivity index (χ4n) is 1.94. The smallest absolute Gasteiger partial charge is 0.322 e. The molecule has 3 rings (SSSR count). The van der Waals surface area contributed by atoms with Gasteiger partial charge in [-0.15, -0.1) is 5.10 Å². The van der Waals surface area contributed by atoms with Gasteiger partial charge >= 0.3 is 6.01 Å². The summed E-state index contributed by atoms with van der Waals surface area (Å²) >= 11 is 0. The topological polar surface area (TPSA) is 128 Å². The van der Waals surface area contributed by atoms with Crippen molar-refractivity contribution in [1.82, 2.24) is 15.4 Å². The van der Waals surface area contributed by atoms with Crippen molar-refractivity contribution < 1.29 is 22.2 Å². The number of nitrogens with zero attached hydrogens (tertiary/aromatic N) is 3. The summed E-state index contributed by atoms with van der Waals surface area (Å²) in [5, 5.41) is 13.3. The second kappa shape index (κ2) is 6.24. The molecule has 124 valence electrons. The van der Waals surface area contributed by atoms with Crippen LogP contribution in [-0.2, 0) is 9.84 Å². The first-order valence-corrected chi connectivity index (χ1v) is 8.54. The summed E-state index contributed by atoms with van der Waals surface area (Å²) < 4.78 is 34.3. The summed E-state index contributed by atoms with van der Waals surface area (Å²) in [6.07, 6.45) is 1.41. The Morgan fingerprint density at radius 2 is 2.00 bits per heavy atom. The van der Waals surface area contributed by atoms with Crippen LogP contribution in [0.4, 0.5) is 6.01 Å². The van der Waals surface area contributed by atoms with Crippen LogP contribution in [0.15, 0.2) is 50.4 Å². The van der Waals surface area contributed by atoms with E-state index in [9.17, 15) is 13.2 Å². The Bertz CT molecular complexity index is 963. The molecule has 0 unspecified atom stereocenters. The van der Waals surface area contributed by atoms with E-state index in [4.69, 9.17) is 8.94 Å². The van der Waals surface area contributed by atoms with E-state index in [1.807, 2.05) is 0 Å². The molecule has 0 spiro atoms. The minimum absolute atomic E-state index is 0.00114. The van der Waals surface area contributed by atoms with Crippen LogP contribution >= 0.6 is 0 Å². The van der Waals surface area contributed by atoms with Crippen molar-refractivity contribution in [2.75, 3.05) is 11.1 Å². The molecule has 0 aliphatic heterocycles. The van der Waals surface area contributed by atoms with Crippen LogP contribution in [0.1, 0.15) is 17.3 Å². The highest BCUT2D eigenvalue weighted by Gasteiger charge is 2.22. The van der Waals surface area contributed by atoms with E-state index in [2.05, 4.69) is 20.7 Å². The first kappa shape index (κ1) is 15.9. The quantitative estimate of drug-likeness (QED) is 0.738. The van der Waals surface area contributed by atoms with Crippen LogP contribution in [-0.4, -0.2) is 35.4 Å². The Balaban J connectivity index is 1.86. The number of anilines is 1. The zero-order chi connectivity index (χ0) is 17.2. The average Bonchev–Trinajstić information content (AvgIpc) is 3.26. The lowest BCUT2D eigenvalue weighted by Crippen LogP contribution is -2.17. The van der Waals surface area contributed by atoms with Gasteiger partial charge in [0, 0.05) is 6.07 Å². The molecule has 2 aromatic heterocycles. The first-order chi connectivity index (χ1) is 11.5. The van der Waals surface area contributed by atoms with E-state index in [1.165, 1.54) is 31.3 Å². The molecule has 10 heteroatoms. The third kappa shape index (κ3) is 3.04. The summed E-state index contributed by atoms with van der Waals surface area (Å²) in [6.45, 7) is 1.51. The number of amides is 1. The summed E-state index contributed by atoms with van der Waals surface area (Å²) in [4.78, 5) is 12.3. The molecular weight excluding hydrogens is 336 g/mol. The second-order valence-electron chi connectivity index (χ2n) is 4.64. The second-order valence-corrected chi connectivity index (χ2v) is 6.89. The van der Waals surface area contributed by atoms with Crippen LogP contribution in [0.2, 0.25) is 0 Å². The number of hydrogen-bond donors (Lipinski definition) is 1. The monoisotopic (exact) mass is 348 g/mol. The third-order valence-electron chi connectivity index (χ3n) is 3.14. The van der Waals surface area contributed by atoms with Crippen molar-refractivity contribution in [2.45, 2.75) is 11.8 Å². The Morgan fingerprint density at radius 3 is 2.71 bits per heavy atom. The summed E-state index contributed by atoms with van der Waals surface area (Å²) in [5.74, 6) is -0.502. The predicted molar refractivity (Wildman–Crippen MR) is 81.9 cm³/mol. The molecule has 3 aromatic rings. The van der Waals surface area contributed by atoms with E-state index in [-0.39, 0.29) is 33.9 Å². The minimum atomic E-state index is -3.55. The molecule has 0 atom stereocenters. The average molecular weight is 348 g/mol. The third-order valence-corrected chi connectivity index (χ3v) is 4.93. The number of sulfone groups is 1. The van der Waals surface area contributed by atoms with Gasteiger partial charge in [0.15, 0.2) is 9.84 Å². The number of hydrogen-bond acceptors (Lipinski definition) is 8. The number of carbonyl (C=O) groups excluding carboxylic acids is 1. The number of benzene rings is 1. The van der Waals surface area contributed by atoms with Gasteiger partial charge in [0.1, 0.15) is 0 Å². The van der Waals surface area contributed by atoms with Crippen LogP contribution < -0.4 is 5.32 Å². The minimum Gasteiger partial charge on any atom is -0.400 e. The molecule has 0 fully saturated rings. The molecule has 0 saturated carbocycles. The molecule has 1 N–H and O–H groups in total. The predicted octanol–water partition coefficient (Wildman–Crippen LogP) is 1.77. The standard InChI is InChI=1S/C14H12N4O5S/c1-2-24(20,21)11-6-4-3-5-9(11)12(19)16-14-18-17-13(22-14)10-7-8-15-23-10/h3-8H,2H2,1H3,(H,16,18,19). The van der Waals surface area contributed by atoms with Crippen molar-refractivity contribution >= 4 is 21.8 Å². The Hall–Kier alpha value is -3.01. The van der Waals surface area contributed by atoms with Gasteiger partial charge in [-0.2, -0.15) is 0 Å². The SMILES string of the molecule is CCS(=O)(=O)c1ccccc1C(=O)Nc1nnc(-c2ccno2)o1. The summed E-state index contributed by atoms with van der Waals surface area (Å²) in [5.41, 5.74) is -0.00114. The maximum Gasteiger partial charge on any atom is 0.322 e. The Kier molecular flexibility index (Phi) is 4.13. The molecule has 0 aliphatic rings. The number of carbonyl (C=O) groups is 1. The number of aromatic nitrogens is 3. The van der Waals surface area contributed by atoms with Crippen molar-refractivity contribution in [3.63, 3.8) is 0 Å². The highest BCUT2D eigenvalue weighted by Crippen LogP contribution is 2.21. The van der Waals surface area contributed by atoms with Gasteiger partial charge in [-0.3, -0.25) is 10.1 Å². The van der Waals surface area contributed by atoms with Crippen molar-refractivity contribution in [1.29, 1.82) is 0 Å². The van der Waals surface area contributed by atoms with Crippen LogP contribution in [0.3, 0.4) is 0 Å². The number of nitrogens with one attached hydrogen (secondary N) is 1. The molecule has 2 heterocycles. The van der Waals surface area contributed by atoms with Gasteiger partial charge < -0.3 is 8.94 Å². The molecule has 0 radical (unpaired) electrons. The normalized spacial score (nSPS) is 11.4. The van der Waals surface area contributed by atoms with Gasteiger partial charge in [-0.25, -0.2) is 8.42 Å². The van der Waals surface area contributed by atoms with Gasteiger partial charge in [0.25, 0.3) is 11.8 Å². The maximum atomic E-state index is 12.4. The lowest BCUT2D eigenvalue weighted by Gasteiger charge is -2.07. The Labute approximate surface area is 136 Å². The van der Waals surface area contributed by atoms with E-state index < -0.39 is 15.7 Å². The van der Waals surface area contributed by atoms with Crippen molar-refractivity contribution in [3.05, 3.63) is 42.1 Å². The van der Waals surface area contributed by atoms with Crippen molar-refractivity contribution in [3.8, 4) is 11.7 Å². The largest absolute Gasteiger partial charge is 0.400 e. The van der Waals surface area contributed by atoms with Crippen LogP contribution in [0.5, 0.6) is 0 Å². The van der Waals surface area contributed by atoms with Gasteiger partial charge in [-0.1, -0.05) is 29.3 Å². The fourth-order valence-corrected chi connectivity index (χ4v) is 3.04. The molecule has 0 aliphatic carbocycles.